The number of halogens is 2. The lowest BCUT2D eigenvalue weighted by molar-refractivity contribution is -0.384. The molecule has 0 unspecified atom stereocenters. The van der Waals surface area contributed by atoms with Gasteiger partial charge in [0, 0.05) is 61.6 Å². The number of fused-ring (bicyclic) bond motifs is 1. The molecule has 0 aliphatic carbocycles. The van der Waals surface area contributed by atoms with Crippen LogP contribution in [-0.4, -0.2) is 56.2 Å². The second-order valence-corrected chi connectivity index (χ2v) is 10.8. The van der Waals surface area contributed by atoms with Crippen molar-refractivity contribution in [1.82, 2.24) is 19.2 Å². The number of rotatable bonds is 7. The van der Waals surface area contributed by atoms with E-state index in [0.717, 1.165) is 39.3 Å². The molecule has 3 aromatic carbocycles. The third-order valence-electron chi connectivity index (χ3n) is 7.59. The number of hydrogen-bond donors (Lipinski definition) is 0. The number of nitro groups is 1. The zero-order valence-corrected chi connectivity index (χ0v) is 23.4. The molecular formula is C32H27ClFN5O3. The monoisotopic (exact) mass is 583 g/mol. The van der Waals surface area contributed by atoms with Crippen molar-refractivity contribution >= 4 is 28.8 Å². The normalized spacial score (nSPS) is 13.9. The van der Waals surface area contributed by atoms with Crippen LogP contribution in [-0.2, 0) is 17.8 Å². The van der Waals surface area contributed by atoms with Crippen LogP contribution in [0, 0.1) is 15.9 Å². The summed E-state index contributed by atoms with van der Waals surface area (Å²) >= 11 is 6.16. The molecule has 1 fully saturated rings. The number of carbonyl (C=O) groups is 1. The molecule has 3 heterocycles. The Morgan fingerprint density at radius 2 is 1.62 bits per heavy atom. The molecule has 1 saturated heterocycles. The molecule has 0 N–H and O–H groups in total. The molecule has 6 rings (SSSR count). The van der Waals surface area contributed by atoms with Gasteiger partial charge < -0.3 is 9.30 Å². The van der Waals surface area contributed by atoms with Crippen molar-refractivity contribution in [3.05, 3.63) is 123 Å². The third-order valence-corrected chi connectivity index (χ3v) is 7.84. The molecule has 0 saturated carbocycles. The van der Waals surface area contributed by atoms with E-state index < -0.39 is 4.92 Å². The molecule has 42 heavy (non-hydrogen) atoms. The largest absolute Gasteiger partial charge is 0.340 e. The Bertz CT molecular complexity index is 1760. The van der Waals surface area contributed by atoms with Crippen LogP contribution in [0.15, 0.2) is 91.1 Å². The Labute approximate surface area is 246 Å². The molecule has 0 atom stereocenters. The van der Waals surface area contributed by atoms with Crippen LogP contribution in [0.3, 0.4) is 0 Å². The minimum atomic E-state index is -0.395. The predicted molar refractivity (Wildman–Crippen MR) is 160 cm³/mol. The lowest BCUT2D eigenvalue weighted by atomic mass is 10.1. The number of nitro benzene ring substituents is 1. The first-order valence-electron chi connectivity index (χ1n) is 13.6. The molecule has 1 aliphatic rings. The fraction of sp³-hybridized carbons (Fsp3) is 0.188. The van der Waals surface area contributed by atoms with Gasteiger partial charge in [0.15, 0.2) is 0 Å². The maximum absolute atomic E-state index is 13.2. The number of piperazine rings is 1. The Kier molecular flexibility index (Phi) is 7.69. The number of aromatic nitrogens is 2. The summed E-state index contributed by atoms with van der Waals surface area (Å²) in [6, 6.07) is 24.0. The van der Waals surface area contributed by atoms with Crippen LogP contribution in [0.5, 0.6) is 0 Å². The summed E-state index contributed by atoms with van der Waals surface area (Å²) in [4.78, 5) is 33.0. The zero-order valence-electron chi connectivity index (χ0n) is 22.6. The lowest BCUT2D eigenvalue weighted by Crippen LogP contribution is -2.48. The quantitative estimate of drug-likeness (QED) is 0.167. The number of imidazole rings is 1. The molecule has 8 nitrogen and oxygen atoms in total. The first kappa shape index (κ1) is 27.6. The summed E-state index contributed by atoms with van der Waals surface area (Å²) in [5.41, 5.74) is 5.91. The van der Waals surface area contributed by atoms with Gasteiger partial charge in [-0.25, -0.2) is 9.37 Å². The number of carbonyl (C=O) groups excluding carboxylic acids is 1. The third kappa shape index (κ3) is 5.88. The molecule has 1 amide bonds. The molecule has 0 bridgehead atoms. The van der Waals surface area contributed by atoms with Crippen LogP contribution in [0.4, 0.5) is 10.1 Å². The summed E-state index contributed by atoms with van der Waals surface area (Å²) in [5, 5.41) is 12.0. The van der Waals surface area contributed by atoms with Crippen molar-refractivity contribution in [2.75, 3.05) is 26.2 Å². The van der Waals surface area contributed by atoms with Gasteiger partial charge in [-0.05, 0) is 53.1 Å². The van der Waals surface area contributed by atoms with E-state index in [-0.39, 0.29) is 23.8 Å². The number of amides is 1. The van der Waals surface area contributed by atoms with Gasteiger partial charge in [0.25, 0.3) is 5.69 Å². The first-order valence-corrected chi connectivity index (χ1v) is 14.0. The van der Waals surface area contributed by atoms with Gasteiger partial charge in [0.1, 0.15) is 11.5 Å². The molecule has 0 radical (unpaired) electrons. The topological polar surface area (TPSA) is 84.0 Å². The van der Waals surface area contributed by atoms with Gasteiger partial charge in [-0.1, -0.05) is 48.0 Å². The van der Waals surface area contributed by atoms with Crippen molar-refractivity contribution in [1.29, 1.82) is 0 Å². The van der Waals surface area contributed by atoms with E-state index in [9.17, 15) is 19.3 Å². The van der Waals surface area contributed by atoms with Crippen LogP contribution >= 0.6 is 11.6 Å². The second-order valence-electron chi connectivity index (χ2n) is 10.3. The van der Waals surface area contributed by atoms with Gasteiger partial charge in [0.2, 0.25) is 5.91 Å². The summed E-state index contributed by atoms with van der Waals surface area (Å²) in [5.74, 6) is -0.290. The molecule has 0 spiro atoms. The van der Waals surface area contributed by atoms with Crippen LogP contribution in [0.1, 0.15) is 11.3 Å². The van der Waals surface area contributed by atoms with E-state index in [2.05, 4.69) is 4.90 Å². The highest BCUT2D eigenvalue weighted by atomic mass is 35.5. The molecule has 10 heteroatoms. The summed E-state index contributed by atoms with van der Waals surface area (Å²) in [7, 11) is 0. The van der Waals surface area contributed by atoms with E-state index >= 15 is 0 Å². The van der Waals surface area contributed by atoms with Crippen molar-refractivity contribution in [3.63, 3.8) is 0 Å². The average Bonchev–Trinajstić information content (AvgIpc) is 3.36. The van der Waals surface area contributed by atoms with Gasteiger partial charge in [-0.15, -0.1) is 0 Å². The van der Waals surface area contributed by atoms with Gasteiger partial charge in [0.05, 0.1) is 22.7 Å². The van der Waals surface area contributed by atoms with E-state index in [1.54, 1.807) is 24.3 Å². The van der Waals surface area contributed by atoms with E-state index in [1.807, 2.05) is 58.0 Å². The lowest BCUT2D eigenvalue weighted by Gasteiger charge is -2.35. The Balaban J connectivity index is 1.27. The number of benzene rings is 3. The number of nitrogens with zero attached hydrogens (tertiary/aromatic N) is 5. The summed E-state index contributed by atoms with van der Waals surface area (Å²) in [6.45, 7) is 3.15. The molecule has 5 aromatic rings. The maximum Gasteiger partial charge on any atom is 0.270 e. The number of non-ortho nitro benzene ring substituents is 1. The van der Waals surface area contributed by atoms with Crippen molar-refractivity contribution in [2.45, 2.75) is 13.0 Å². The van der Waals surface area contributed by atoms with Crippen molar-refractivity contribution in [2.24, 2.45) is 0 Å². The van der Waals surface area contributed by atoms with Crippen LogP contribution in [0.25, 0.3) is 28.0 Å². The predicted octanol–water partition coefficient (Wildman–Crippen LogP) is 6.26. The highest BCUT2D eigenvalue weighted by molar-refractivity contribution is 6.30. The minimum absolute atomic E-state index is 0.0273. The van der Waals surface area contributed by atoms with E-state index in [1.165, 1.54) is 18.2 Å². The average molecular weight is 584 g/mol. The van der Waals surface area contributed by atoms with Crippen LogP contribution < -0.4 is 0 Å². The summed E-state index contributed by atoms with van der Waals surface area (Å²) < 4.78 is 15.3. The van der Waals surface area contributed by atoms with Gasteiger partial charge >= 0.3 is 0 Å². The first-order chi connectivity index (χ1) is 20.3. The van der Waals surface area contributed by atoms with Gasteiger partial charge in [-0.3, -0.25) is 19.8 Å². The minimum Gasteiger partial charge on any atom is -0.340 e. The SMILES string of the molecule is O=C(Cc1ccc(F)cc1)N1CCN(Cc2c(-c3ccc(Cl)cc3)nc3ccc(-c4cccc([N+](=O)[O-])c4)cn23)CC1. The van der Waals surface area contributed by atoms with Gasteiger partial charge in [-0.2, -0.15) is 0 Å². The highest BCUT2D eigenvalue weighted by Crippen LogP contribution is 2.30. The van der Waals surface area contributed by atoms with Crippen molar-refractivity contribution in [3.8, 4) is 22.4 Å². The molecular weight excluding hydrogens is 557 g/mol. The molecule has 2 aromatic heterocycles. The highest BCUT2D eigenvalue weighted by Gasteiger charge is 2.24. The fourth-order valence-electron chi connectivity index (χ4n) is 5.31. The van der Waals surface area contributed by atoms with Crippen LogP contribution in [0.2, 0.25) is 5.02 Å². The van der Waals surface area contributed by atoms with Crippen molar-refractivity contribution < 1.29 is 14.1 Å². The smallest absolute Gasteiger partial charge is 0.270 e. The fourth-order valence-corrected chi connectivity index (χ4v) is 5.44. The Morgan fingerprint density at radius 1 is 0.905 bits per heavy atom. The number of pyridine rings is 1. The Morgan fingerprint density at radius 3 is 2.33 bits per heavy atom. The van der Waals surface area contributed by atoms with E-state index in [0.29, 0.717) is 37.7 Å². The maximum atomic E-state index is 13.2. The molecule has 1 aliphatic heterocycles. The number of hydrogen-bond acceptors (Lipinski definition) is 5. The van der Waals surface area contributed by atoms with E-state index in [4.69, 9.17) is 16.6 Å². The standard InChI is InChI=1S/C32H27ClFN5O3/c33-26-9-6-23(7-10-26)32-29(21-36-14-16-37(17-15-36)31(40)18-22-4-11-27(34)12-5-22)38-20-25(8-13-30(38)35-32)24-2-1-3-28(19-24)39(41)42/h1-13,19-20H,14-18,21H2. The second kappa shape index (κ2) is 11.7. The molecule has 212 valence electrons. The zero-order chi connectivity index (χ0) is 29.2. The Hall–Kier alpha value is -4.60. The summed E-state index contributed by atoms with van der Waals surface area (Å²) in [6.07, 6.45) is 2.22.